The van der Waals surface area contributed by atoms with Crippen LogP contribution < -0.4 is 15.6 Å². The molecule has 0 aliphatic rings. The Balaban J connectivity index is 1.72. The van der Waals surface area contributed by atoms with Crippen molar-refractivity contribution in [2.24, 2.45) is 0 Å². The van der Waals surface area contributed by atoms with E-state index in [1.807, 2.05) is 55.5 Å². The number of hydrogen-bond acceptors (Lipinski definition) is 3. The maximum atomic E-state index is 12.3. The lowest BCUT2D eigenvalue weighted by molar-refractivity contribution is 0.0949. The molecule has 0 atom stereocenters. The standard InChI is InChI=1S/C21H20N2O3/c1-14-12-15(8-11-19(14)26-2)13-22-20(24)17-9-10-18(23-21(17)25)16-6-4-3-5-7-16/h3-12H,13H2,1-2H3,(H,22,24)(H,23,25). The molecule has 2 N–H and O–H groups in total. The van der Waals surface area contributed by atoms with Crippen LogP contribution in [0.15, 0.2) is 65.5 Å². The Morgan fingerprint density at radius 1 is 1.08 bits per heavy atom. The molecule has 0 aliphatic heterocycles. The fraction of sp³-hybridized carbons (Fsp3) is 0.143. The Kier molecular flexibility index (Phi) is 5.17. The van der Waals surface area contributed by atoms with Crippen LogP contribution in [0, 0.1) is 6.92 Å². The first kappa shape index (κ1) is 17.5. The number of pyridine rings is 1. The molecule has 0 saturated carbocycles. The van der Waals surface area contributed by atoms with Gasteiger partial charge < -0.3 is 15.0 Å². The van der Waals surface area contributed by atoms with E-state index in [1.165, 1.54) is 0 Å². The number of methoxy groups -OCH3 is 1. The number of aryl methyl sites for hydroxylation is 1. The van der Waals surface area contributed by atoms with Crippen LogP contribution in [0.5, 0.6) is 5.75 Å². The maximum absolute atomic E-state index is 12.3. The largest absolute Gasteiger partial charge is 0.496 e. The quantitative estimate of drug-likeness (QED) is 0.743. The van der Waals surface area contributed by atoms with Crippen molar-refractivity contribution in [2.45, 2.75) is 13.5 Å². The van der Waals surface area contributed by atoms with Gasteiger partial charge in [-0.15, -0.1) is 0 Å². The summed E-state index contributed by atoms with van der Waals surface area (Å²) in [5.74, 6) is 0.396. The van der Waals surface area contributed by atoms with E-state index >= 15 is 0 Å². The molecule has 0 radical (unpaired) electrons. The number of amides is 1. The Hall–Kier alpha value is -3.34. The summed E-state index contributed by atoms with van der Waals surface area (Å²) in [6.45, 7) is 2.28. The summed E-state index contributed by atoms with van der Waals surface area (Å²) < 4.78 is 5.23. The van der Waals surface area contributed by atoms with Gasteiger partial charge in [-0.1, -0.05) is 42.5 Å². The van der Waals surface area contributed by atoms with E-state index in [9.17, 15) is 9.59 Å². The first-order valence-corrected chi connectivity index (χ1v) is 8.29. The predicted octanol–water partition coefficient (Wildman–Crippen LogP) is 3.29. The van der Waals surface area contributed by atoms with Crippen LogP contribution >= 0.6 is 0 Å². The minimum Gasteiger partial charge on any atom is -0.496 e. The van der Waals surface area contributed by atoms with Gasteiger partial charge >= 0.3 is 0 Å². The molecule has 3 aromatic rings. The minimum absolute atomic E-state index is 0.0925. The highest BCUT2D eigenvalue weighted by molar-refractivity contribution is 5.94. The molecule has 1 amide bonds. The van der Waals surface area contributed by atoms with Gasteiger partial charge in [-0.05, 0) is 41.8 Å². The van der Waals surface area contributed by atoms with Crippen molar-refractivity contribution in [2.75, 3.05) is 7.11 Å². The van der Waals surface area contributed by atoms with Crippen molar-refractivity contribution < 1.29 is 9.53 Å². The topological polar surface area (TPSA) is 71.2 Å². The van der Waals surface area contributed by atoms with Crippen LogP contribution in [0.4, 0.5) is 0 Å². The van der Waals surface area contributed by atoms with Crippen molar-refractivity contribution in [3.8, 4) is 17.0 Å². The van der Waals surface area contributed by atoms with E-state index in [0.29, 0.717) is 12.2 Å². The average molecular weight is 348 g/mol. The summed E-state index contributed by atoms with van der Waals surface area (Å²) in [5, 5.41) is 2.78. The first-order chi connectivity index (χ1) is 12.6. The summed E-state index contributed by atoms with van der Waals surface area (Å²) in [7, 11) is 1.62. The van der Waals surface area contributed by atoms with Gasteiger partial charge in [0, 0.05) is 12.2 Å². The Morgan fingerprint density at radius 3 is 2.50 bits per heavy atom. The number of ether oxygens (including phenoxy) is 1. The van der Waals surface area contributed by atoms with Gasteiger partial charge in [0.1, 0.15) is 11.3 Å². The lowest BCUT2D eigenvalue weighted by Gasteiger charge is -2.09. The molecule has 0 unspecified atom stereocenters. The van der Waals surface area contributed by atoms with Gasteiger partial charge in [0.15, 0.2) is 0 Å². The predicted molar refractivity (Wildman–Crippen MR) is 101 cm³/mol. The van der Waals surface area contributed by atoms with E-state index in [1.54, 1.807) is 19.2 Å². The van der Waals surface area contributed by atoms with Crippen molar-refractivity contribution in [3.05, 3.63) is 87.7 Å². The van der Waals surface area contributed by atoms with E-state index in [2.05, 4.69) is 10.3 Å². The molecule has 1 aromatic heterocycles. The molecule has 5 heteroatoms. The van der Waals surface area contributed by atoms with Crippen LogP contribution in [0.3, 0.4) is 0 Å². The molecule has 0 spiro atoms. The van der Waals surface area contributed by atoms with Gasteiger partial charge in [-0.25, -0.2) is 0 Å². The summed E-state index contributed by atoms with van der Waals surface area (Å²) in [4.78, 5) is 27.4. The van der Waals surface area contributed by atoms with Crippen LogP contribution in [-0.2, 0) is 6.54 Å². The van der Waals surface area contributed by atoms with E-state index in [0.717, 1.165) is 22.4 Å². The van der Waals surface area contributed by atoms with Gasteiger partial charge in [-0.2, -0.15) is 0 Å². The molecular formula is C21H20N2O3. The summed E-state index contributed by atoms with van der Waals surface area (Å²) in [5.41, 5.74) is 3.19. The zero-order chi connectivity index (χ0) is 18.5. The second-order valence-electron chi connectivity index (χ2n) is 5.97. The molecule has 132 valence electrons. The third-order valence-electron chi connectivity index (χ3n) is 4.15. The summed E-state index contributed by atoms with van der Waals surface area (Å²) in [6, 6.07) is 18.5. The fourth-order valence-electron chi connectivity index (χ4n) is 2.77. The maximum Gasteiger partial charge on any atom is 0.261 e. The van der Waals surface area contributed by atoms with Gasteiger partial charge in [-0.3, -0.25) is 9.59 Å². The lowest BCUT2D eigenvalue weighted by Crippen LogP contribution is -2.29. The Morgan fingerprint density at radius 2 is 1.85 bits per heavy atom. The summed E-state index contributed by atoms with van der Waals surface area (Å²) >= 11 is 0. The third-order valence-corrected chi connectivity index (χ3v) is 4.15. The number of H-pyrrole nitrogens is 1. The third kappa shape index (κ3) is 3.83. The molecule has 2 aromatic carbocycles. The number of benzene rings is 2. The lowest BCUT2D eigenvalue weighted by atomic mass is 10.1. The number of carbonyl (C=O) groups is 1. The molecule has 0 aliphatic carbocycles. The SMILES string of the molecule is COc1ccc(CNC(=O)c2ccc(-c3ccccc3)[nH]c2=O)cc1C. The molecule has 3 rings (SSSR count). The van der Waals surface area contributed by atoms with Crippen LogP contribution in [0.1, 0.15) is 21.5 Å². The van der Waals surface area contributed by atoms with Crippen molar-refractivity contribution in [1.29, 1.82) is 0 Å². The first-order valence-electron chi connectivity index (χ1n) is 8.29. The molecule has 5 nitrogen and oxygen atoms in total. The fourth-order valence-corrected chi connectivity index (χ4v) is 2.77. The van der Waals surface area contributed by atoms with E-state index in [-0.39, 0.29) is 5.56 Å². The normalized spacial score (nSPS) is 10.4. The van der Waals surface area contributed by atoms with E-state index < -0.39 is 11.5 Å². The monoisotopic (exact) mass is 348 g/mol. The zero-order valence-electron chi connectivity index (χ0n) is 14.7. The summed E-state index contributed by atoms with van der Waals surface area (Å²) in [6.07, 6.45) is 0. The van der Waals surface area contributed by atoms with Crippen LogP contribution in [0.2, 0.25) is 0 Å². The number of rotatable bonds is 5. The number of aromatic amines is 1. The Bertz CT molecular complexity index is 978. The second-order valence-corrected chi connectivity index (χ2v) is 5.97. The zero-order valence-corrected chi connectivity index (χ0v) is 14.7. The smallest absolute Gasteiger partial charge is 0.261 e. The van der Waals surface area contributed by atoms with Gasteiger partial charge in [0.25, 0.3) is 11.5 Å². The average Bonchev–Trinajstić information content (AvgIpc) is 2.67. The van der Waals surface area contributed by atoms with Gasteiger partial charge in [0.05, 0.1) is 7.11 Å². The van der Waals surface area contributed by atoms with Crippen molar-refractivity contribution in [3.63, 3.8) is 0 Å². The van der Waals surface area contributed by atoms with Crippen molar-refractivity contribution in [1.82, 2.24) is 10.3 Å². The molecule has 0 saturated heterocycles. The highest BCUT2D eigenvalue weighted by atomic mass is 16.5. The van der Waals surface area contributed by atoms with Crippen LogP contribution in [-0.4, -0.2) is 18.0 Å². The molecule has 0 fully saturated rings. The molecule has 26 heavy (non-hydrogen) atoms. The molecular weight excluding hydrogens is 328 g/mol. The molecule has 0 bridgehead atoms. The Labute approximate surface area is 151 Å². The van der Waals surface area contributed by atoms with Gasteiger partial charge in [0.2, 0.25) is 0 Å². The number of hydrogen-bond donors (Lipinski definition) is 2. The number of carbonyl (C=O) groups excluding carboxylic acids is 1. The molecule has 1 heterocycles. The van der Waals surface area contributed by atoms with Crippen LogP contribution in [0.25, 0.3) is 11.3 Å². The van der Waals surface area contributed by atoms with Crippen molar-refractivity contribution >= 4 is 5.91 Å². The second kappa shape index (κ2) is 7.70. The highest BCUT2D eigenvalue weighted by Gasteiger charge is 2.11. The number of aromatic nitrogens is 1. The van der Waals surface area contributed by atoms with E-state index in [4.69, 9.17) is 4.74 Å². The minimum atomic E-state index is -0.408. The number of nitrogens with one attached hydrogen (secondary N) is 2. The highest BCUT2D eigenvalue weighted by Crippen LogP contribution is 2.18.